The molecule has 0 saturated carbocycles. The second-order valence-corrected chi connectivity index (χ2v) is 4.04. The van der Waals surface area contributed by atoms with Gasteiger partial charge in [-0.15, -0.1) is 11.3 Å². The van der Waals surface area contributed by atoms with Crippen LogP contribution in [0.1, 0.15) is 18.2 Å². The Morgan fingerprint density at radius 1 is 1.77 bits per heavy atom. The minimum absolute atomic E-state index is 0.0982. The van der Waals surface area contributed by atoms with Crippen molar-refractivity contribution in [2.75, 3.05) is 0 Å². The van der Waals surface area contributed by atoms with Crippen LogP contribution in [0.15, 0.2) is 17.2 Å². The Balaban J connectivity index is 2.45. The average Bonchev–Trinajstić information content (AvgIpc) is 2.51. The summed E-state index contributed by atoms with van der Waals surface area (Å²) in [5.41, 5.74) is 2.38. The van der Waals surface area contributed by atoms with Gasteiger partial charge in [0.15, 0.2) is 0 Å². The van der Waals surface area contributed by atoms with E-state index in [1.807, 2.05) is 6.07 Å². The molecular weight excluding hydrogens is 208 g/mol. The number of rotatable bonds is 3. The minimum atomic E-state index is -0.0982. The second kappa shape index (κ2) is 4.99. The molecule has 1 rings (SSSR count). The van der Waals surface area contributed by atoms with Crippen molar-refractivity contribution in [1.29, 1.82) is 0 Å². The van der Waals surface area contributed by atoms with Crippen LogP contribution in [0, 0.1) is 0 Å². The highest BCUT2D eigenvalue weighted by molar-refractivity contribution is 7.17. The van der Waals surface area contributed by atoms with Crippen molar-refractivity contribution in [2.24, 2.45) is 5.10 Å². The Hall–Kier alpha value is -0.870. The number of hydrogen-bond donors (Lipinski definition) is 1. The second-order valence-electron chi connectivity index (χ2n) is 2.29. The molecule has 0 bridgehead atoms. The molecule has 0 atom stereocenters. The predicted octanol–water partition coefficient (Wildman–Crippen LogP) is 2.26. The molecular formula is C8H9ClN2OS. The highest BCUT2D eigenvalue weighted by atomic mass is 35.5. The van der Waals surface area contributed by atoms with E-state index in [9.17, 15) is 4.79 Å². The molecule has 1 N–H and O–H groups in total. The lowest BCUT2D eigenvalue weighted by molar-refractivity contribution is -0.120. The standard InChI is InChI=1S/C8H9ClN2OS/c1-2-8(12)11-10-5-6-3-4-7(9)13-6/h3-5H,2H2,1H3,(H,11,12)/b10-5+. The van der Waals surface area contributed by atoms with E-state index in [2.05, 4.69) is 10.5 Å². The SMILES string of the molecule is CCC(=O)N/N=C/c1ccc(Cl)s1. The summed E-state index contributed by atoms with van der Waals surface area (Å²) in [6.07, 6.45) is 2.01. The Labute approximate surface area is 85.4 Å². The van der Waals surface area contributed by atoms with E-state index in [0.717, 1.165) is 4.88 Å². The lowest BCUT2D eigenvalue weighted by Crippen LogP contribution is -2.15. The Morgan fingerprint density at radius 3 is 3.08 bits per heavy atom. The first-order chi connectivity index (χ1) is 6.22. The Morgan fingerprint density at radius 2 is 2.54 bits per heavy atom. The molecule has 13 heavy (non-hydrogen) atoms. The van der Waals surface area contributed by atoms with Crippen molar-refractivity contribution < 1.29 is 4.79 Å². The fourth-order valence-corrected chi connectivity index (χ4v) is 1.58. The molecule has 1 aromatic rings. The number of nitrogens with zero attached hydrogens (tertiary/aromatic N) is 1. The number of carbonyl (C=O) groups excluding carboxylic acids is 1. The van der Waals surface area contributed by atoms with Gasteiger partial charge in [-0.3, -0.25) is 4.79 Å². The zero-order valence-corrected chi connectivity index (χ0v) is 8.65. The van der Waals surface area contributed by atoms with E-state index in [1.165, 1.54) is 11.3 Å². The third-order valence-electron chi connectivity index (χ3n) is 1.30. The molecule has 0 aliphatic rings. The molecule has 0 fully saturated rings. The maximum absolute atomic E-state index is 10.8. The molecule has 5 heteroatoms. The van der Waals surface area contributed by atoms with Gasteiger partial charge in [0.25, 0.3) is 0 Å². The Bertz CT molecular complexity index is 322. The normalized spacial score (nSPS) is 10.6. The molecule has 0 aromatic carbocycles. The van der Waals surface area contributed by atoms with Crippen LogP contribution < -0.4 is 5.43 Å². The van der Waals surface area contributed by atoms with Crippen LogP contribution >= 0.6 is 22.9 Å². The van der Waals surface area contributed by atoms with Gasteiger partial charge in [-0.25, -0.2) is 5.43 Å². The predicted molar refractivity (Wildman–Crippen MR) is 55.4 cm³/mol. The van der Waals surface area contributed by atoms with Crippen LogP contribution in [0.3, 0.4) is 0 Å². The molecule has 0 aliphatic carbocycles. The molecule has 0 saturated heterocycles. The van der Waals surface area contributed by atoms with Crippen molar-refractivity contribution >= 4 is 35.1 Å². The third-order valence-corrected chi connectivity index (χ3v) is 2.46. The van der Waals surface area contributed by atoms with Crippen molar-refractivity contribution in [3.63, 3.8) is 0 Å². The monoisotopic (exact) mass is 216 g/mol. The molecule has 0 spiro atoms. The lowest BCUT2D eigenvalue weighted by atomic mass is 10.5. The largest absolute Gasteiger partial charge is 0.273 e. The number of carbonyl (C=O) groups is 1. The maximum atomic E-state index is 10.8. The van der Waals surface area contributed by atoms with Gasteiger partial charge >= 0.3 is 0 Å². The molecule has 1 heterocycles. The topological polar surface area (TPSA) is 41.5 Å². The summed E-state index contributed by atoms with van der Waals surface area (Å²) in [4.78, 5) is 11.7. The Kier molecular flexibility index (Phi) is 3.92. The van der Waals surface area contributed by atoms with Crippen LogP contribution in [0.5, 0.6) is 0 Å². The van der Waals surface area contributed by atoms with Crippen LogP contribution in [0.4, 0.5) is 0 Å². The zero-order valence-electron chi connectivity index (χ0n) is 7.08. The van der Waals surface area contributed by atoms with Gasteiger partial charge in [0.2, 0.25) is 5.91 Å². The van der Waals surface area contributed by atoms with E-state index in [-0.39, 0.29) is 5.91 Å². The molecule has 3 nitrogen and oxygen atoms in total. The lowest BCUT2D eigenvalue weighted by Gasteiger charge is -1.91. The quantitative estimate of drug-likeness (QED) is 0.611. The molecule has 1 aromatic heterocycles. The summed E-state index contributed by atoms with van der Waals surface area (Å²) in [7, 11) is 0. The smallest absolute Gasteiger partial charge is 0.239 e. The summed E-state index contributed by atoms with van der Waals surface area (Å²) in [6, 6.07) is 3.63. The summed E-state index contributed by atoms with van der Waals surface area (Å²) in [6.45, 7) is 1.77. The van der Waals surface area contributed by atoms with Gasteiger partial charge in [0, 0.05) is 11.3 Å². The number of hydrogen-bond acceptors (Lipinski definition) is 3. The third kappa shape index (κ3) is 3.57. The van der Waals surface area contributed by atoms with Crippen LogP contribution in [0.2, 0.25) is 4.34 Å². The fourth-order valence-electron chi connectivity index (χ4n) is 0.645. The van der Waals surface area contributed by atoms with E-state index in [0.29, 0.717) is 10.8 Å². The van der Waals surface area contributed by atoms with Crippen molar-refractivity contribution in [2.45, 2.75) is 13.3 Å². The zero-order chi connectivity index (χ0) is 9.68. The molecule has 0 aliphatic heterocycles. The summed E-state index contributed by atoms with van der Waals surface area (Å²) < 4.78 is 0.711. The number of thiophene rings is 1. The highest BCUT2D eigenvalue weighted by Crippen LogP contribution is 2.19. The molecule has 0 radical (unpaired) electrons. The van der Waals surface area contributed by atoms with Crippen LogP contribution in [-0.2, 0) is 4.79 Å². The van der Waals surface area contributed by atoms with Gasteiger partial charge in [-0.2, -0.15) is 5.10 Å². The first kappa shape index (κ1) is 10.2. The fraction of sp³-hybridized carbons (Fsp3) is 0.250. The van der Waals surface area contributed by atoms with E-state index < -0.39 is 0 Å². The number of nitrogens with one attached hydrogen (secondary N) is 1. The molecule has 70 valence electrons. The van der Waals surface area contributed by atoms with E-state index >= 15 is 0 Å². The van der Waals surface area contributed by atoms with E-state index in [4.69, 9.17) is 11.6 Å². The number of hydrazone groups is 1. The summed E-state index contributed by atoms with van der Waals surface area (Å²) in [5.74, 6) is -0.0982. The van der Waals surface area contributed by atoms with E-state index in [1.54, 1.807) is 19.2 Å². The van der Waals surface area contributed by atoms with Crippen molar-refractivity contribution in [3.05, 3.63) is 21.3 Å². The maximum Gasteiger partial charge on any atom is 0.239 e. The summed E-state index contributed by atoms with van der Waals surface area (Å²) >= 11 is 7.11. The average molecular weight is 217 g/mol. The highest BCUT2D eigenvalue weighted by Gasteiger charge is 1.94. The minimum Gasteiger partial charge on any atom is -0.273 e. The molecule has 1 amide bonds. The van der Waals surface area contributed by atoms with Gasteiger partial charge in [-0.1, -0.05) is 18.5 Å². The van der Waals surface area contributed by atoms with Gasteiger partial charge < -0.3 is 0 Å². The van der Waals surface area contributed by atoms with Crippen molar-refractivity contribution in [1.82, 2.24) is 5.43 Å². The van der Waals surface area contributed by atoms with Crippen LogP contribution in [-0.4, -0.2) is 12.1 Å². The van der Waals surface area contributed by atoms with Gasteiger partial charge in [0.05, 0.1) is 10.6 Å². The summed E-state index contributed by atoms with van der Waals surface area (Å²) in [5, 5.41) is 3.75. The molecule has 0 unspecified atom stereocenters. The van der Waals surface area contributed by atoms with Gasteiger partial charge in [-0.05, 0) is 12.1 Å². The number of halogens is 1. The number of amides is 1. The van der Waals surface area contributed by atoms with Crippen LogP contribution in [0.25, 0.3) is 0 Å². The van der Waals surface area contributed by atoms with Gasteiger partial charge in [0.1, 0.15) is 0 Å². The first-order valence-corrected chi connectivity index (χ1v) is 4.99. The first-order valence-electron chi connectivity index (χ1n) is 3.79. The van der Waals surface area contributed by atoms with Crippen molar-refractivity contribution in [3.8, 4) is 0 Å².